The van der Waals surface area contributed by atoms with Crippen molar-refractivity contribution in [1.82, 2.24) is 0 Å². The number of alkyl halides is 2. The zero-order valence-corrected chi connectivity index (χ0v) is 17.3. The topological polar surface area (TPSA) is 54.4 Å². The Morgan fingerprint density at radius 3 is 2.50 bits per heavy atom. The molecule has 5 heteroatoms. The highest BCUT2D eigenvalue weighted by Crippen LogP contribution is 2.70. The second-order valence-corrected chi connectivity index (χ2v) is 11.0. The zero-order valence-electron chi connectivity index (χ0n) is 17.3. The number of aliphatic carboxylic acids is 1. The molecule has 0 aromatic carbocycles. The molecule has 0 amide bonds. The third kappa shape index (κ3) is 2.86. The first-order valence-electron chi connectivity index (χ1n) is 11.1. The molecule has 4 saturated carbocycles. The van der Waals surface area contributed by atoms with Crippen molar-refractivity contribution in [2.24, 2.45) is 46.3 Å². The molecule has 4 aliphatic rings. The Kier molecular flexibility index (Phi) is 4.71. The lowest BCUT2D eigenvalue weighted by Crippen LogP contribution is -2.60. The summed E-state index contributed by atoms with van der Waals surface area (Å²) in [7, 11) is 0. The van der Waals surface area contributed by atoms with Gasteiger partial charge in [0.2, 0.25) is 0 Å². The van der Waals surface area contributed by atoms with Gasteiger partial charge < -0.3 is 5.11 Å². The van der Waals surface area contributed by atoms with E-state index in [0.717, 1.165) is 32.1 Å². The van der Waals surface area contributed by atoms with Crippen molar-refractivity contribution in [3.63, 3.8) is 0 Å². The molecule has 28 heavy (non-hydrogen) atoms. The van der Waals surface area contributed by atoms with Crippen LogP contribution in [-0.2, 0) is 9.59 Å². The maximum Gasteiger partial charge on any atom is 0.303 e. The molecule has 1 N–H and O–H groups in total. The van der Waals surface area contributed by atoms with Crippen molar-refractivity contribution in [2.75, 3.05) is 0 Å². The number of hydrogen-bond donors (Lipinski definition) is 1. The van der Waals surface area contributed by atoms with Crippen LogP contribution in [0.15, 0.2) is 0 Å². The largest absolute Gasteiger partial charge is 0.481 e. The van der Waals surface area contributed by atoms with E-state index in [2.05, 4.69) is 13.8 Å². The van der Waals surface area contributed by atoms with Crippen LogP contribution in [0, 0.1) is 46.3 Å². The van der Waals surface area contributed by atoms with Gasteiger partial charge in [0, 0.05) is 31.6 Å². The summed E-state index contributed by atoms with van der Waals surface area (Å²) < 4.78 is 31.1. The first-order chi connectivity index (χ1) is 13.0. The molecule has 158 valence electrons. The van der Waals surface area contributed by atoms with Gasteiger partial charge in [0.25, 0.3) is 5.92 Å². The van der Waals surface area contributed by atoms with Gasteiger partial charge in [-0.05, 0) is 72.5 Å². The summed E-state index contributed by atoms with van der Waals surface area (Å²) in [6, 6.07) is 0. The number of hydrogen-bond acceptors (Lipinski definition) is 2. The minimum Gasteiger partial charge on any atom is -0.481 e. The molecule has 0 aromatic rings. The number of halogens is 2. The normalized spacial score (nSPS) is 48.3. The van der Waals surface area contributed by atoms with Crippen LogP contribution < -0.4 is 0 Å². The molecule has 4 rings (SSSR count). The van der Waals surface area contributed by atoms with Crippen molar-refractivity contribution < 1.29 is 23.5 Å². The Morgan fingerprint density at radius 2 is 1.82 bits per heavy atom. The van der Waals surface area contributed by atoms with E-state index in [9.17, 15) is 14.7 Å². The van der Waals surface area contributed by atoms with Crippen molar-refractivity contribution in [3.8, 4) is 0 Å². The smallest absolute Gasteiger partial charge is 0.303 e. The van der Waals surface area contributed by atoms with E-state index in [1.165, 1.54) is 0 Å². The van der Waals surface area contributed by atoms with Crippen LogP contribution in [0.4, 0.5) is 8.78 Å². The van der Waals surface area contributed by atoms with E-state index in [1.807, 2.05) is 6.92 Å². The monoisotopic (exact) mass is 396 g/mol. The number of carbonyl (C=O) groups excluding carboxylic acids is 1. The first-order valence-corrected chi connectivity index (χ1v) is 11.1. The van der Waals surface area contributed by atoms with Gasteiger partial charge in [0.05, 0.1) is 0 Å². The summed E-state index contributed by atoms with van der Waals surface area (Å²) in [5, 5.41) is 9.23. The summed E-state index contributed by atoms with van der Waals surface area (Å²) in [5.74, 6) is -3.96. The Balaban J connectivity index is 1.65. The molecule has 3 unspecified atom stereocenters. The fraction of sp³-hybridized carbons (Fsp3) is 0.913. The molecule has 4 aliphatic carbocycles. The molecule has 0 aromatic heterocycles. The van der Waals surface area contributed by atoms with Gasteiger partial charge in [0.1, 0.15) is 5.78 Å². The van der Waals surface area contributed by atoms with Crippen LogP contribution in [0.2, 0.25) is 0 Å². The quantitative estimate of drug-likeness (QED) is 0.678. The second-order valence-electron chi connectivity index (χ2n) is 11.0. The summed E-state index contributed by atoms with van der Waals surface area (Å²) in [4.78, 5) is 23.2. The summed E-state index contributed by atoms with van der Waals surface area (Å²) >= 11 is 0. The molecule has 0 saturated heterocycles. The van der Waals surface area contributed by atoms with E-state index in [4.69, 9.17) is 0 Å². The Morgan fingerprint density at radius 1 is 1.14 bits per heavy atom. The van der Waals surface area contributed by atoms with E-state index in [-0.39, 0.29) is 59.0 Å². The average Bonchev–Trinajstić information content (AvgIpc) is 2.93. The summed E-state index contributed by atoms with van der Waals surface area (Å²) in [5.41, 5.74) is -0.334. The minimum atomic E-state index is -2.72. The van der Waals surface area contributed by atoms with Crippen LogP contribution in [0.5, 0.6) is 0 Å². The predicted molar refractivity (Wildman–Crippen MR) is 102 cm³/mol. The van der Waals surface area contributed by atoms with Crippen LogP contribution >= 0.6 is 0 Å². The predicted octanol–water partition coefficient (Wildman–Crippen LogP) is 5.57. The van der Waals surface area contributed by atoms with Crippen LogP contribution in [-0.4, -0.2) is 22.8 Å². The van der Waals surface area contributed by atoms with Crippen molar-refractivity contribution >= 4 is 11.8 Å². The van der Waals surface area contributed by atoms with Gasteiger partial charge >= 0.3 is 5.97 Å². The number of Topliss-reactive ketones (excluding diaryl/α,β-unsaturated/α-hetero) is 1. The second kappa shape index (κ2) is 6.50. The summed E-state index contributed by atoms with van der Waals surface area (Å²) in [6.07, 6.45) is 4.99. The van der Waals surface area contributed by atoms with E-state index in [1.54, 1.807) is 0 Å². The van der Waals surface area contributed by atoms with Crippen molar-refractivity contribution in [1.29, 1.82) is 0 Å². The number of ketones is 1. The Bertz CT molecular complexity index is 677. The maximum atomic E-state index is 15.5. The van der Waals surface area contributed by atoms with Gasteiger partial charge in [-0.25, -0.2) is 8.78 Å². The minimum absolute atomic E-state index is 0.0130. The maximum absolute atomic E-state index is 15.5. The van der Waals surface area contributed by atoms with Gasteiger partial charge in [-0.1, -0.05) is 20.8 Å². The fourth-order valence-corrected chi connectivity index (χ4v) is 8.34. The van der Waals surface area contributed by atoms with Gasteiger partial charge in [-0.3, -0.25) is 9.59 Å². The lowest BCUT2D eigenvalue weighted by atomic mass is 9.43. The average molecular weight is 397 g/mol. The number of carbonyl (C=O) groups is 2. The lowest BCUT2D eigenvalue weighted by molar-refractivity contribution is -0.231. The fourth-order valence-electron chi connectivity index (χ4n) is 8.34. The number of carboxylic acid groups (broad SMARTS) is 1. The van der Waals surface area contributed by atoms with E-state index in [0.29, 0.717) is 12.8 Å². The van der Waals surface area contributed by atoms with E-state index < -0.39 is 17.8 Å². The standard InChI is InChI=1S/C23H34F2O3/c1-13(10-19(27)28)16-4-5-17-20-18(7-9-22(16,17)3)21(2)8-6-15(26)11-14(21)12-23(20,24)25/h13-14,16-18,20H,4-12H2,1-3H3,(H,27,28)/t13-,14+,16-,17?,18?,20?,21+,22-/m1/s1. The molecule has 0 spiro atoms. The van der Waals surface area contributed by atoms with Crippen molar-refractivity contribution in [3.05, 3.63) is 0 Å². The molecule has 4 fully saturated rings. The Labute approximate surface area is 166 Å². The molecule has 0 bridgehead atoms. The number of carboxylic acids is 1. The molecular formula is C23H34F2O3. The van der Waals surface area contributed by atoms with Crippen LogP contribution in [0.25, 0.3) is 0 Å². The lowest BCUT2D eigenvalue weighted by Gasteiger charge is -2.62. The number of fused-ring (bicyclic) bond motifs is 5. The summed E-state index contributed by atoms with van der Waals surface area (Å²) in [6.45, 7) is 6.33. The highest BCUT2D eigenvalue weighted by Gasteiger charge is 2.68. The van der Waals surface area contributed by atoms with Gasteiger partial charge in [-0.2, -0.15) is 0 Å². The molecule has 0 aliphatic heterocycles. The van der Waals surface area contributed by atoms with Crippen molar-refractivity contribution in [2.45, 2.75) is 84.5 Å². The van der Waals surface area contributed by atoms with Crippen LogP contribution in [0.1, 0.15) is 78.6 Å². The molecule has 0 heterocycles. The molecule has 8 atom stereocenters. The molecular weight excluding hydrogens is 362 g/mol. The molecule has 3 nitrogen and oxygen atoms in total. The van der Waals surface area contributed by atoms with Crippen LogP contribution in [0.3, 0.4) is 0 Å². The third-order valence-corrected chi connectivity index (χ3v) is 9.73. The zero-order chi connectivity index (χ0) is 20.5. The van der Waals surface area contributed by atoms with Gasteiger partial charge in [-0.15, -0.1) is 0 Å². The number of rotatable bonds is 3. The highest BCUT2D eigenvalue weighted by molar-refractivity contribution is 5.79. The third-order valence-electron chi connectivity index (χ3n) is 9.73. The van der Waals surface area contributed by atoms with Gasteiger partial charge in [0.15, 0.2) is 0 Å². The SMILES string of the molecule is C[C@H](CC(=O)O)[C@H]1CCC2C3C(CC[C@@]21C)[C@@]1(C)CCC(=O)C[C@H]1CC3(F)F. The highest BCUT2D eigenvalue weighted by atomic mass is 19.3. The van der Waals surface area contributed by atoms with E-state index >= 15 is 8.78 Å². The first kappa shape index (κ1) is 20.3. The Hall–Kier alpha value is -1.00. The molecule has 0 radical (unpaired) electrons.